The second kappa shape index (κ2) is 8.22. The summed E-state index contributed by atoms with van der Waals surface area (Å²) in [7, 11) is 0. The van der Waals surface area contributed by atoms with Gasteiger partial charge in [0.2, 0.25) is 5.91 Å². The Bertz CT molecular complexity index is 345. The van der Waals surface area contributed by atoms with Crippen molar-refractivity contribution in [1.82, 2.24) is 15.5 Å². The first-order valence-corrected chi connectivity index (χ1v) is 7.73. The van der Waals surface area contributed by atoms with E-state index in [2.05, 4.69) is 10.6 Å². The van der Waals surface area contributed by atoms with Crippen LogP contribution in [0.1, 0.15) is 47.0 Å². The molecule has 1 fully saturated rings. The highest BCUT2D eigenvalue weighted by Gasteiger charge is 2.20. The Kier molecular flexibility index (Phi) is 6.95. The van der Waals surface area contributed by atoms with Gasteiger partial charge in [0.1, 0.15) is 5.60 Å². The molecular weight excluding hydrogens is 270 g/mol. The van der Waals surface area contributed by atoms with Gasteiger partial charge in [-0.1, -0.05) is 0 Å². The Hall–Kier alpha value is -1.30. The largest absolute Gasteiger partial charge is 0.444 e. The van der Waals surface area contributed by atoms with Crippen LogP contribution < -0.4 is 10.6 Å². The second-order valence-corrected chi connectivity index (χ2v) is 6.52. The molecule has 2 amide bonds. The highest BCUT2D eigenvalue weighted by Crippen LogP contribution is 2.10. The van der Waals surface area contributed by atoms with Crippen LogP contribution in [-0.4, -0.2) is 54.7 Å². The van der Waals surface area contributed by atoms with Gasteiger partial charge in [-0.15, -0.1) is 0 Å². The third-order valence-corrected chi connectivity index (χ3v) is 3.40. The molecule has 6 nitrogen and oxygen atoms in total. The number of ether oxygens (including phenoxy) is 1. The average molecular weight is 299 g/mol. The molecule has 0 radical (unpaired) electrons. The van der Waals surface area contributed by atoms with Gasteiger partial charge in [0.25, 0.3) is 0 Å². The fourth-order valence-corrected chi connectivity index (χ4v) is 2.30. The van der Waals surface area contributed by atoms with Crippen LogP contribution in [-0.2, 0) is 9.53 Å². The van der Waals surface area contributed by atoms with Gasteiger partial charge in [-0.2, -0.15) is 0 Å². The third kappa shape index (κ3) is 7.90. The minimum Gasteiger partial charge on any atom is -0.444 e. The van der Waals surface area contributed by atoms with Gasteiger partial charge in [-0.25, -0.2) is 4.79 Å². The Balaban J connectivity index is 2.03. The lowest BCUT2D eigenvalue weighted by Gasteiger charge is -2.31. The maximum absolute atomic E-state index is 11.4. The van der Waals surface area contributed by atoms with Crippen molar-refractivity contribution >= 4 is 12.0 Å². The molecule has 0 aromatic heterocycles. The van der Waals surface area contributed by atoms with Crippen LogP contribution in [0.4, 0.5) is 4.79 Å². The van der Waals surface area contributed by atoms with Crippen molar-refractivity contribution in [1.29, 1.82) is 0 Å². The van der Waals surface area contributed by atoms with Gasteiger partial charge in [-0.3, -0.25) is 4.79 Å². The van der Waals surface area contributed by atoms with Crippen LogP contribution in [0.25, 0.3) is 0 Å². The third-order valence-electron chi connectivity index (χ3n) is 3.40. The highest BCUT2D eigenvalue weighted by atomic mass is 16.6. The molecule has 0 aliphatic carbocycles. The summed E-state index contributed by atoms with van der Waals surface area (Å²) in [5, 5.41) is 6.22. The van der Waals surface area contributed by atoms with Crippen LogP contribution in [0.3, 0.4) is 0 Å². The zero-order valence-electron chi connectivity index (χ0n) is 13.7. The Morgan fingerprint density at radius 2 is 1.81 bits per heavy atom. The van der Waals surface area contributed by atoms with Gasteiger partial charge >= 0.3 is 6.09 Å². The van der Waals surface area contributed by atoms with Crippen LogP contribution >= 0.6 is 0 Å². The number of amides is 2. The summed E-state index contributed by atoms with van der Waals surface area (Å²) in [4.78, 5) is 24.5. The van der Waals surface area contributed by atoms with Crippen molar-refractivity contribution in [3.63, 3.8) is 0 Å². The molecule has 0 saturated carbocycles. The van der Waals surface area contributed by atoms with Crippen LogP contribution in [0, 0.1) is 0 Å². The van der Waals surface area contributed by atoms with E-state index in [-0.39, 0.29) is 12.0 Å². The van der Waals surface area contributed by atoms with E-state index in [1.807, 2.05) is 25.7 Å². The number of carbonyl (C=O) groups excluding carboxylic acids is 2. The number of hydrogen-bond donors (Lipinski definition) is 2. The molecule has 1 aliphatic rings. The maximum Gasteiger partial charge on any atom is 0.407 e. The van der Waals surface area contributed by atoms with Gasteiger partial charge < -0.3 is 20.3 Å². The molecule has 0 spiro atoms. The monoisotopic (exact) mass is 299 g/mol. The predicted molar refractivity (Wildman–Crippen MR) is 82.1 cm³/mol. The standard InChI is InChI=1S/C15H29N3O3/c1-12(19)18-10-6-13(7-11-18)16-8-5-9-17-14(20)21-15(2,3)4/h13,16H,5-11H2,1-4H3,(H,17,20). The zero-order chi connectivity index (χ0) is 15.9. The normalized spacial score (nSPS) is 16.7. The van der Waals surface area contributed by atoms with E-state index >= 15 is 0 Å². The van der Waals surface area contributed by atoms with Crippen molar-refractivity contribution in [3.05, 3.63) is 0 Å². The number of piperidine rings is 1. The van der Waals surface area contributed by atoms with Crippen molar-refractivity contribution in [2.75, 3.05) is 26.2 Å². The molecule has 0 bridgehead atoms. The van der Waals surface area contributed by atoms with E-state index in [0.717, 1.165) is 38.9 Å². The van der Waals surface area contributed by atoms with Crippen LogP contribution in [0.2, 0.25) is 0 Å². The quantitative estimate of drug-likeness (QED) is 0.755. The number of nitrogens with one attached hydrogen (secondary N) is 2. The van der Waals surface area contributed by atoms with Gasteiger partial charge in [0.05, 0.1) is 0 Å². The second-order valence-electron chi connectivity index (χ2n) is 6.52. The van der Waals surface area contributed by atoms with Crippen LogP contribution in [0.15, 0.2) is 0 Å². The van der Waals surface area contributed by atoms with E-state index in [1.54, 1.807) is 6.92 Å². The van der Waals surface area contributed by atoms with Crippen LogP contribution in [0.5, 0.6) is 0 Å². The molecule has 1 aliphatic heterocycles. The molecule has 1 saturated heterocycles. The molecule has 0 unspecified atom stereocenters. The van der Waals surface area contributed by atoms with Gasteiger partial charge in [0, 0.05) is 32.6 Å². The Labute approximate surface area is 127 Å². The lowest BCUT2D eigenvalue weighted by atomic mass is 10.1. The zero-order valence-corrected chi connectivity index (χ0v) is 13.7. The van der Waals surface area contributed by atoms with Crippen molar-refractivity contribution in [2.45, 2.75) is 58.6 Å². The summed E-state index contributed by atoms with van der Waals surface area (Å²) >= 11 is 0. The number of likely N-dealkylation sites (tertiary alicyclic amines) is 1. The van der Waals surface area contributed by atoms with E-state index in [0.29, 0.717) is 12.6 Å². The maximum atomic E-state index is 11.4. The SMILES string of the molecule is CC(=O)N1CCC(NCCCNC(=O)OC(C)(C)C)CC1. The number of rotatable bonds is 5. The number of carbonyl (C=O) groups is 2. The molecule has 21 heavy (non-hydrogen) atoms. The highest BCUT2D eigenvalue weighted by molar-refractivity contribution is 5.73. The minimum atomic E-state index is -0.451. The lowest BCUT2D eigenvalue weighted by Crippen LogP contribution is -2.44. The smallest absolute Gasteiger partial charge is 0.407 e. The summed E-state index contributed by atoms with van der Waals surface area (Å²) in [6, 6.07) is 0.474. The summed E-state index contributed by atoms with van der Waals surface area (Å²) in [5.74, 6) is 0.162. The summed E-state index contributed by atoms with van der Waals surface area (Å²) < 4.78 is 5.16. The summed E-state index contributed by atoms with van der Waals surface area (Å²) in [5.41, 5.74) is -0.451. The first-order chi connectivity index (χ1) is 9.78. The molecule has 0 atom stereocenters. The average Bonchev–Trinajstić information content (AvgIpc) is 2.36. The topological polar surface area (TPSA) is 70.7 Å². The molecule has 6 heteroatoms. The van der Waals surface area contributed by atoms with E-state index in [9.17, 15) is 9.59 Å². The molecule has 2 N–H and O–H groups in total. The van der Waals surface area contributed by atoms with Crippen molar-refractivity contribution in [3.8, 4) is 0 Å². The van der Waals surface area contributed by atoms with Gasteiger partial charge in [0.15, 0.2) is 0 Å². The number of nitrogens with zero attached hydrogens (tertiary/aromatic N) is 1. The fraction of sp³-hybridized carbons (Fsp3) is 0.867. The van der Waals surface area contributed by atoms with E-state index in [1.165, 1.54) is 0 Å². The van der Waals surface area contributed by atoms with Crippen molar-refractivity contribution < 1.29 is 14.3 Å². The number of alkyl carbamates (subject to hydrolysis) is 1. The van der Waals surface area contributed by atoms with E-state index < -0.39 is 5.60 Å². The Morgan fingerprint density at radius 1 is 1.19 bits per heavy atom. The van der Waals surface area contributed by atoms with Gasteiger partial charge in [-0.05, 0) is 46.6 Å². The summed E-state index contributed by atoms with van der Waals surface area (Å²) in [6.07, 6.45) is 2.50. The molecule has 0 aromatic carbocycles. The Morgan fingerprint density at radius 3 is 2.33 bits per heavy atom. The molecule has 1 heterocycles. The minimum absolute atomic E-state index is 0.162. The predicted octanol–water partition coefficient (Wildman–Crippen LogP) is 1.50. The molecule has 1 rings (SSSR count). The van der Waals surface area contributed by atoms with Crippen molar-refractivity contribution in [2.24, 2.45) is 0 Å². The fourth-order valence-electron chi connectivity index (χ4n) is 2.30. The molecular formula is C15H29N3O3. The lowest BCUT2D eigenvalue weighted by molar-refractivity contribution is -0.129. The van der Waals surface area contributed by atoms with E-state index in [4.69, 9.17) is 4.74 Å². The first kappa shape index (κ1) is 17.8. The first-order valence-electron chi connectivity index (χ1n) is 7.73. The number of hydrogen-bond acceptors (Lipinski definition) is 4. The molecule has 0 aromatic rings. The molecule has 122 valence electrons. The summed E-state index contributed by atoms with van der Waals surface area (Å²) in [6.45, 7) is 10.3.